The van der Waals surface area contributed by atoms with Crippen molar-refractivity contribution in [3.8, 4) is 5.75 Å². The minimum absolute atomic E-state index is 0.0997. The van der Waals surface area contributed by atoms with Gasteiger partial charge in [0.15, 0.2) is 0 Å². The summed E-state index contributed by atoms with van der Waals surface area (Å²) in [6.07, 6.45) is 0. The Kier molecular flexibility index (Phi) is 4.58. The number of nitrogens with two attached hydrogens (primary N) is 1. The van der Waals surface area contributed by atoms with Gasteiger partial charge in [-0.2, -0.15) is 0 Å². The molecule has 0 aliphatic heterocycles. The lowest BCUT2D eigenvalue weighted by Crippen LogP contribution is -2.25. The summed E-state index contributed by atoms with van der Waals surface area (Å²) in [7, 11) is -3.45. The summed E-state index contributed by atoms with van der Waals surface area (Å²) in [5.74, 6) is 0.272. The molecule has 1 atom stereocenters. The lowest BCUT2D eigenvalue weighted by molar-refractivity contribution is 0.272. The van der Waals surface area contributed by atoms with Gasteiger partial charge in [-0.05, 0) is 12.1 Å². The lowest BCUT2D eigenvalue weighted by Gasteiger charge is -2.12. The zero-order valence-corrected chi connectivity index (χ0v) is 10.5. The minimum atomic E-state index is -3.45. The molecule has 0 bridgehead atoms. The van der Waals surface area contributed by atoms with Gasteiger partial charge in [-0.15, -0.1) is 0 Å². The van der Waals surface area contributed by atoms with E-state index in [1.54, 1.807) is 31.2 Å². The molecule has 16 heavy (non-hydrogen) atoms. The molecule has 1 unspecified atom stereocenters. The number of hydrogen-bond acceptors (Lipinski definition) is 3. The molecule has 4 nitrogen and oxygen atoms in total. The van der Waals surface area contributed by atoms with E-state index in [1.807, 2.05) is 0 Å². The fourth-order valence-corrected chi connectivity index (χ4v) is 2.32. The summed E-state index contributed by atoms with van der Waals surface area (Å²) < 4.78 is 27.0. The van der Waals surface area contributed by atoms with Crippen LogP contribution in [0.1, 0.15) is 6.92 Å². The smallest absolute Gasteiger partial charge is 0.209 e. The van der Waals surface area contributed by atoms with E-state index in [9.17, 15) is 8.42 Å². The van der Waals surface area contributed by atoms with Gasteiger partial charge in [0.2, 0.25) is 10.0 Å². The largest absolute Gasteiger partial charge is 0.492 e. The van der Waals surface area contributed by atoms with Gasteiger partial charge in [0.1, 0.15) is 5.75 Å². The molecule has 90 valence electrons. The van der Waals surface area contributed by atoms with Gasteiger partial charge in [0.05, 0.1) is 17.4 Å². The number of para-hydroxylation sites is 1. The zero-order valence-electron chi connectivity index (χ0n) is 8.89. The Labute approximate surface area is 100 Å². The molecule has 0 aliphatic carbocycles. The summed E-state index contributed by atoms with van der Waals surface area (Å²) in [4.78, 5) is 0. The highest BCUT2D eigenvalue weighted by atomic mass is 35.5. The third-order valence-corrected chi connectivity index (χ3v) is 3.22. The molecule has 1 aromatic carbocycles. The molecule has 1 aromatic rings. The van der Waals surface area contributed by atoms with Gasteiger partial charge in [-0.1, -0.05) is 30.7 Å². The average molecular weight is 264 g/mol. The van der Waals surface area contributed by atoms with Gasteiger partial charge in [-0.3, -0.25) is 0 Å². The second-order valence-corrected chi connectivity index (χ2v) is 5.74. The highest BCUT2D eigenvalue weighted by Crippen LogP contribution is 2.23. The van der Waals surface area contributed by atoms with E-state index >= 15 is 0 Å². The van der Waals surface area contributed by atoms with Crippen LogP contribution in [-0.2, 0) is 10.0 Å². The highest BCUT2D eigenvalue weighted by molar-refractivity contribution is 7.89. The number of rotatable bonds is 5. The molecule has 0 spiro atoms. The van der Waals surface area contributed by atoms with E-state index in [4.69, 9.17) is 21.5 Å². The van der Waals surface area contributed by atoms with Crippen LogP contribution in [0.3, 0.4) is 0 Å². The fourth-order valence-electron chi connectivity index (χ4n) is 1.24. The monoisotopic (exact) mass is 263 g/mol. The van der Waals surface area contributed by atoms with Crippen LogP contribution in [0.25, 0.3) is 0 Å². The van der Waals surface area contributed by atoms with E-state index < -0.39 is 10.0 Å². The van der Waals surface area contributed by atoms with E-state index in [0.29, 0.717) is 10.8 Å². The first-order valence-corrected chi connectivity index (χ1v) is 6.85. The molecule has 0 heterocycles. The molecule has 0 aromatic heterocycles. The van der Waals surface area contributed by atoms with Gasteiger partial charge >= 0.3 is 0 Å². The van der Waals surface area contributed by atoms with Gasteiger partial charge in [0, 0.05) is 5.92 Å². The Hall–Kier alpha value is -0.780. The summed E-state index contributed by atoms with van der Waals surface area (Å²) in [6.45, 7) is 2.02. The van der Waals surface area contributed by atoms with Crippen LogP contribution in [0.15, 0.2) is 24.3 Å². The molecule has 1 rings (SSSR count). The molecule has 0 saturated heterocycles. The predicted molar refractivity (Wildman–Crippen MR) is 64.1 cm³/mol. The Morgan fingerprint density at radius 2 is 2.06 bits per heavy atom. The maximum atomic E-state index is 10.8. The van der Waals surface area contributed by atoms with Crippen molar-refractivity contribution in [3.63, 3.8) is 0 Å². The van der Waals surface area contributed by atoms with Gasteiger partial charge in [-0.25, -0.2) is 13.6 Å². The van der Waals surface area contributed by atoms with E-state index in [-0.39, 0.29) is 18.3 Å². The van der Waals surface area contributed by atoms with Gasteiger partial charge in [0.25, 0.3) is 0 Å². The van der Waals surface area contributed by atoms with Gasteiger partial charge < -0.3 is 4.74 Å². The second-order valence-electron chi connectivity index (χ2n) is 3.68. The van der Waals surface area contributed by atoms with Crippen LogP contribution in [0.5, 0.6) is 5.75 Å². The van der Waals surface area contributed by atoms with Crippen LogP contribution in [0.4, 0.5) is 0 Å². The zero-order chi connectivity index (χ0) is 12.2. The van der Waals surface area contributed by atoms with Crippen molar-refractivity contribution in [2.45, 2.75) is 6.92 Å². The Morgan fingerprint density at radius 1 is 1.44 bits per heavy atom. The summed E-state index contributed by atoms with van der Waals surface area (Å²) >= 11 is 5.87. The molecular weight excluding hydrogens is 250 g/mol. The Morgan fingerprint density at radius 3 is 2.62 bits per heavy atom. The standard InChI is InChI=1S/C10H14ClNO3S/c1-8(7-16(12,13)14)6-15-10-5-3-2-4-9(10)11/h2-5,8H,6-7H2,1H3,(H2,12,13,14). The van der Waals surface area contributed by atoms with Crippen molar-refractivity contribution in [2.75, 3.05) is 12.4 Å². The average Bonchev–Trinajstić information content (AvgIpc) is 2.14. The van der Waals surface area contributed by atoms with Crippen LogP contribution in [0.2, 0.25) is 5.02 Å². The number of halogens is 1. The van der Waals surface area contributed by atoms with Crippen LogP contribution < -0.4 is 9.88 Å². The van der Waals surface area contributed by atoms with Crippen molar-refractivity contribution in [1.29, 1.82) is 0 Å². The molecule has 0 amide bonds. The first-order valence-electron chi connectivity index (χ1n) is 4.76. The van der Waals surface area contributed by atoms with Crippen LogP contribution >= 0.6 is 11.6 Å². The van der Waals surface area contributed by atoms with Crippen molar-refractivity contribution in [1.82, 2.24) is 0 Å². The molecule has 0 saturated carbocycles. The van der Waals surface area contributed by atoms with Crippen molar-refractivity contribution in [2.24, 2.45) is 11.1 Å². The van der Waals surface area contributed by atoms with Crippen molar-refractivity contribution < 1.29 is 13.2 Å². The molecule has 2 N–H and O–H groups in total. The molecule has 0 radical (unpaired) electrons. The van der Waals surface area contributed by atoms with Crippen molar-refractivity contribution >= 4 is 21.6 Å². The maximum Gasteiger partial charge on any atom is 0.209 e. The highest BCUT2D eigenvalue weighted by Gasteiger charge is 2.12. The predicted octanol–water partition coefficient (Wildman–Crippen LogP) is 1.64. The summed E-state index contributed by atoms with van der Waals surface area (Å²) in [5, 5.41) is 5.43. The topological polar surface area (TPSA) is 69.4 Å². The Bertz CT molecular complexity index is 447. The summed E-state index contributed by atoms with van der Waals surface area (Å²) in [6, 6.07) is 7.03. The number of benzene rings is 1. The third-order valence-electron chi connectivity index (χ3n) is 1.88. The number of sulfonamides is 1. The quantitative estimate of drug-likeness (QED) is 0.878. The first-order chi connectivity index (χ1) is 7.38. The fraction of sp³-hybridized carbons (Fsp3) is 0.400. The maximum absolute atomic E-state index is 10.8. The molecular formula is C10H14ClNO3S. The number of primary sulfonamides is 1. The number of ether oxygens (including phenoxy) is 1. The number of hydrogen-bond donors (Lipinski definition) is 1. The molecule has 0 fully saturated rings. The first kappa shape index (κ1) is 13.3. The normalized spacial score (nSPS) is 13.4. The minimum Gasteiger partial charge on any atom is -0.492 e. The van der Waals surface area contributed by atoms with E-state index in [0.717, 1.165) is 0 Å². The van der Waals surface area contributed by atoms with Crippen LogP contribution in [-0.4, -0.2) is 20.8 Å². The second kappa shape index (κ2) is 5.52. The lowest BCUT2D eigenvalue weighted by atomic mass is 10.2. The molecule has 6 heteroatoms. The van der Waals surface area contributed by atoms with Crippen LogP contribution in [0, 0.1) is 5.92 Å². The van der Waals surface area contributed by atoms with E-state index in [2.05, 4.69) is 0 Å². The van der Waals surface area contributed by atoms with Crippen molar-refractivity contribution in [3.05, 3.63) is 29.3 Å². The SMILES string of the molecule is CC(COc1ccccc1Cl)CS(N)(=O)=O. The Balaban J connectivity index is 2.49. The van der Waals surface area contributed by atoms with E-state index in [1.165, 1.54) is 0 Å². The third kappa shape index (κ3) is 4.83. The molecule has 0 aliphatic rings. The summed E-state index contributed by atoms with van der Waals surface area (Å²) in [5.41, 5.74) is 0.